The molecule has 0 atom stereocenters. The fourth-order valence-electron chi connectivity index (χ4n) is 1.24. The van der Waals surface area contributed by atoms with Crippen molar-refractivity contribution in [3.05, 3.63) is 36.2 Å². The number of nitrogens with zero attached hydrogens (tertiary/aromatic N) is 3. The smallest absolute Gasteiger partial charge is 0.121 e. The monoisotopic (exact) mass is 267 g/mol. The van der Waals surface area contributed by atoms with E-state index >= 15 is 0 Å². The van der Waals surface area contributed by atoms with Gasteiger partial charge in [0.2, 0.25) is 0 Å². The van der Waals surface area contributed by atoms with Crippen LogP contribution in [0.5, 0.6) is 5.75 Å². The highest BCUT2D eigenvalue weighted by Crippen LogP contribution is 2.15. The van der Waals surface area contributed by atoms with E-state index in [1.807, 2.05) is 30.5 Å². The van der Waals surface area contributed by atoms with Crippen molar-refractivity contribution in [2.45, 2.75) is 5.33 Å². The van der Waals surface area contributed by atoms with Crippen LogP contribution in [0, 0.1) is 0 Å². The molecule has 2 aromatic rings. The van der Waals surface area contributed by atoms with E-state index in [1.165, 1.54) is 0 Å². The zero-order valence-corrected chi connectivity index (χ0v) is 9.81. The summed E-state index contributed by atoms with van der Waals surface area (Å²) >= 11 is 3.33. The molecule has 4 nitrogen and oxygen atoms in total. The fourth-order valence-corrected chi connectivity index (χ4v) is 1.50. The molecule has 1 heterocycles. The molecule has 2 rings (SSSR count). The van der Waals surface area contributed by atoms with Gasteiger partial charge < -0.3 is 4.74 Å². The Kier molecular flexibility index (Phi) is 3.01. The van der Waals surface area contributed by atoms with Crippen molar-refractivity contribution in [1.29, 1.82) is 0 Å². The second-order valence-corrected chi connectivity index (χ2v) is 3.55. The molecule has 1 aromatic heterocycles. The Morgan fingerprint density at radius 1 is 1.47 bits per heavy atom. The predicted molar refractivity (Wildman–Crippen MR) is 60.5 cm³/mol. The van der Waals surface area contributed by atoms with Crippen LogP contribution in [0.15, 0.2) is 30.5 Å². The highest BCUT2D eigenvalue weighted by molar-refractivity contribution is 9.08. The van der Waals surface area contributed by atoms with Crippen molar-refractivity contribution in [3.63, 3.8) is 0 Å². The number of benzene rings is 1. The molecule has 0 spiro atoms. The third kappa shape index (κ3) is 2.18. The average molecular weight is 268 g/mol. The first-order valence-corrected chi connectivity index (χ1v) is 5.57. The van der Waals surface area contributed by atoms with Gasteiger partial charge in [-0.15, -0.1) is 5.10 Å². The highest BCUT2D eigenvalue weighted by Gasteiger charge is 2.02. The number of aromatic nitrogens is 3. The molecule has 78 valence electrons. The molecule has 1 aromatic carbocycles. The van der Waals surface area contributed by atoms with Gasteiger partial charge in [-0.3, -0.25) is 0 Å². The van der Waals surface area contributed by atoms with E-state index in [1.54, 1.807) is 11.8 Å². The van der Waals surface area contributed by atoms with Crippen LogP contribution < -0.4 is 4.74 Å². The Morgan fingerprint density at radius 2 is 2.33 bits per heavy atom. The van der Waals surface area contributed by atoms with Crippen molar-refractivity contribution in [1.82, 2.24) is 15.0 Å². The first kappa shape index (κ1) is 10.2. The fraction of sp³-hybridized carbons (Fsp3) is 0.200. The third-order valence-electron chi connectivity index (χ3n) is 2.00. The van der Waals surface area contributed by atoms with Crippen molar-refractivity contribution in [2.24, 2.45) is 0 Å². The van der Waals surface area contributed by atoms with Crippen molar-refractivity contribution in [3.8, 4) is 11.4 Å². The molecule has 0 saturated heterocycles. The zero-order valence-electron chi connectivity index (χ0n) is 8.22. The topological polar surface area (TPSA) is 39.9 Å². The number of rotatable bonds is 3. The summed E-state index contributed by atoms with van der Waals surface area (Å²) in [6.07, 6.45) is 1.88. The standard InChI is InChI=1S/C10H10BrN3O/c1-15-10-4-2-3-9(5-10)14-7-8(6-11)12-13-14/h2-5,7H,6H2,1H3. The van der Waals surface area contributed by atoms with Crippen LogP contribution in [0.25, 0.3) is 5.69 Å². The van der Waals surface area contributed by atoms with Gasteiger partial charge in [0.15, 0.2) is 0 Å². The van der Waals surface area contributed by atoms with Gasteiger partial charge in [-0.05, 0) is 12.1 Å². The molecular weight excluding hydrogens is 258 g/mol. The molecule has 0 saturated carbocycles. The molecule has 0 aliphatic rings. The molecule has 0 bridgehead atoms. The maximum atomic E-state index is 5.14. The van der Waals surface area contributed by atoms with E-state index in [2.05, 4.69) is 26.2 Å². The average Bonchev–Trinajstić information content (AvgIpc) is 2.78. The zero-order chi connectivity index (χ0) is 10.7. The Hall–Kier alpha value is -1.36. The van der Waals surface area contributed by atoms with Crippen LogP contribution in [0.1, 0.15) is 5.69 Å². The van der Waals surface area contributed by atoms with Crippen LogP contribution >= 0.6 is 15.9 Å². The van der Waals surface area contributed by atoms with Gasteiger partial charge in [0, 0.05) is 11.4 Å². The first-order valence-electron chi connectivity index (χ1n) is 4.45. The van der Waals surface area contributed by atoms with Gasteiger partial charge in [-0.2, -0.15) is 0 Å². The number of halogens is 1. The second kappa shape index (κ2) is 4.44. The molecule has 15 heavy (non-hydrogen) atoms. The minimum Gasteiger partial charge on any atom is -0.497 e. The number of ether oxygens (including phenoxy) is 1. The van der Waals surface area contributed by atoms with E-state index in [4.69, 9.17) is 4.74 Å². The van der Waals surface area contributed by atoms with Crippen LogP contribution in [0.2, 0.25) is 0 Å². The number of hydrogen-bond donors (Lipinski definition) is 0. The lowest BCUT2D eigenvalue weighted by Crippen LogP contribution is -1.95. The van der Waals surface area contributed by atoms with E-state index in [0.29, 0.717) is 5.33 Å². The summed E-state index contributed by atoms with van der Waals surface area (Å²) in [4.78, 5) is 0. The van der Waals surface area contributed by atoms with Crippen LogP contribution in [-0.2, 0) is 5.33 Å². The maximum Gasteiger partial charge on any atom is 0.121 e. The summed E-state index contributed by atoms with van der Waals surface area (Å²) in [7, 11) is 1.64. The van der Waals surface area contributed by atoms with Gasteiger partial charge in [0.25, 0.3) is 0 Å². The molecule has 0 amide bonds. The summed E-state index contributed by atoms with van der Waals surface area (Å²) < 4.78 is 6.86. The van der Waals surface area contributed by atoms with Crippen LogP contribution in [0.4, 0.5) is 0 Å². The molecule has 0 unspecified atom stereocenters. The predicted octanol–water partition coefficient (Wildman–Crippen LogP) is 2.17. The van der Waals surface area contributed by atoms with Gasteiger partial charge in [-0.25, -0.2) is 4.68 Å². The Bertz CT molecular complexity index is 455. The number of methoxy groups -OCH3 is 1. The van der Waals surface area contributed by atoms with Crippen molar-refractivity contribution >= 4 is 15.9 Å². The molecule has 0 fully saturated rings. The third-order valence-corrected chi connectivity index (χ3v) is 2.57. The van der Waals surface area contributed by atoms with Crippen molar-refractivity contribution < 1.29 is 4.74 Å². The lowest BCUT2D eigenvalue weighted by atomic mass is 10.3. The van der Waals surface area contributed by atoms with Crippen LogP contribution in [-0.4, -0.2) is 22.1 Å². The molecule has 0 aliphatic heterocycles. The quantitative estimate of drug-likeness (QED) is 0.801. The largest absolute Gasteiger partial charge is 0.497 e. The summed E-state index contributed by atoms with van der Waals surface area (Å²) in [6, 6.07) is 7.68. The first-order chi connectivity index (χ1) is 7.33. The second-order valence-electron chi connectivity index (χ2n) is 2.99. The van der Waals surface area contributed by atoms with Gasteiger partial charge in [-0.1, -0.05) is 27.2 Å². The lowest BCUT2D eigenvalue weighted by molar-refractivity contribution is 0.414. The Labute approximate surface area is 96.0 Å². The van der Waals surface area contributed by atoms with E-state index in [-0.39, 0.29) is 0 Å². The SMILES string of the molecule is COc1cccc(-n2cc(CBr)nn2)c1. The van der Waals surface area contributed by atoms with Gasteiger partial charge in [0.1, 0.15) is 5.75 Å². The summed E-state index contributed by atoms with van der Waals surface area (Å²) in [5.41, 5.74) is 1.84. The molecule has 5 heteroatoms. The number of hydrogen-bond acceptors (Lipinski definition) is 3. The molecule has 0 radical (unpaired) electrons. The van der Waals surface area contributed by atoms with E-state index < -0.39 is 0 Å². The summed E-state index contributed by atoms with van der Waals surface area (Å²) in [5.74, 6) is 0.809. The minimum atomic E-state index is 0.705. The van der Waals surface area contributed by atoms with Crippen molar-refractivity contribution in [2.75, 3.05) is 7.11 Å². The summed E-state index contributed by atoms with van der Waals surface area (Å²) in [5, 5.41) is 8.71. The van der Waals surface area contributed by atoms with Crippen LogP contribution in [0.3, 0.4) is 0 Å². The summed E-state index contributed by atoms with van der Waals surface area (Å²) in [6.45, 7) is 0. The highest BCUT2D eigenvalue weighted by atomic mass is 79.9. The molecule has 0 aliphatic carbocycles. The van der Waals surface area contributed by atoms with E-state index in [0.717, 1.165) is 17.1 Å². The number of alkyl halides is 1. The molecular formula is C10H10BrN3O. The minimum absolute atomic E-state index is 0.705. The lowest BCUT2D eigenvalue weighted by Gasteiger charge is -2.02. The normalized spacial score (nSPS) is 10.3. The maximum absolute atomic E-state index is 5.14. The molecule has 0 N–H and O–H groups in total. The van der Waals surface area contributed by atoms with Gasteiger partial charge >= 0.3 is 0 Å². The van der Waals surface area contributed by atoms with E-state index in [9.17, 15) is 0 Å². The Morgan fingerprint density at radius 3 is 3.00 bits per heavy atom. The van der Waals surface area contributed by atoms with Gasteiger partial charge in [0.05, 0.1) is 24.7 Å². The Balaban J connectivity index is 2.35.